The predicted octanol–water partition coefficient (Wildman–Crippen LogP) is 2.12. The number of likely N-dealkylation sites (N-methyl/N-ethyl adjacent to an activating group) is 1. The number of carboxylic acid groups (broad SMARTS) is 1. The standard InChI is InChI=1S/C15H22N2O3.C2HF3O2/c1-16(2)15(18)14-6-5-12-13(20-14)7-8-17(12)10-11-4-3-9-19-11;3-2(4,5)1(6)7/h3-4,9,12-14H,5-8,10H2,1-2H3;(H,6,7)/t12-,13-,14-;/m1./s1. The molecule has 0 radical (unpaired) electrons. The first-order chi connectivity index (χ1) is 12.6. The van der Waals surface area contributed by atoms with Gasteiger partial charge in [-0.3, -0.25) is 9.69 Å². The molecule has 2 fully saturated rings. The third-order valence-electron chi connectivity index (χ3n) is 4.56. The van der Waals surface area contributed by atoms with Crippen LogP contribution in [-0.4, -0.2) is 71.8 Å². The second-order valence-corrected chi connectivity index (χ2v) is 6.68. The number of carbonyl (C=O) groups excluding carboxylic acids is 1. The molecule has 2 aliphatic rings. The van der Waals surface area contributed by atoms with Gasteiger partial charge >= 0.3 is 12.1 Å². The molecule has 3 rings (SSSR count). The summed E-state index contributed by atoms with van der Waals surface area (Å²) in [4.78, 5) is 24.9. The Morgan fingerprint density at radius 2 is 1.96 bits per heavy atom. The summed E-state index contributed by atoms with van der Waals surface area (Å²) in [6.07, 6.45) is -0.598. The number of amides is 1. The number of ether oxygens (including phenoxy) is 1. The van der Waals surface area contributed by atoms with Crippen LogP contribution >= 0.6 is 0 Å². The van der Waals surface area contributed by atoms with Crippen LogP contribution in [-0.2, 0) is 20.9 Å². The van der Waals surface area contributed by atoms with Gasteiger partial charge in [0.15, 0.2) is 0 Å². The van der Waals surface area contributed by atoms with Crippen molar-refractivity contribution in [2.45, 2.75) is 50.2 Å². The average molecular weight is 392 g/mol. The molecule has 1 aromatic heterocycles. The van der Waals surface area contributed by atoms with Gasteiger partial charge in [0.2, 0.25) is 0 Å². The Balaban J connectivity index is 0.000000321. The SMILES string of the molecule is CN(C)C(=O)[C@H]1CC[C@@H]2[C@@H](CCN2Cc2ccco2)O1.O=C(O)C(F)(F)F. The molecule has 1 N–H and O–H groups in total. The van der Waals surface area contributed by atoms with Gasteiger partial charge in [-0.05, 0) is 31.4 Å². The predicted molar refractivity (Wildman–Crippen MR) is 87.8 cm³/mol. The maximum absolute atomic E-state index is 12.0. The monoisotopic (exact) mass is 392 g/mol. The number of aliphatic carboxylic acids is 1. The molecule has 3 atom stereocenters. The molecular weight excluding hydrogens is 369 g/mol. The molecule has 0 aromatic carbocycles. The molecule has 3 heterocycles. The zero-order chi connectivity index (χ0) is 20.2. The molecule has 0 saturated carbocycles. The lowest BCUT2D eigenvalue weighted by Gasteiger charge is -2.36. The summed E-state index contributed by atoms with van der Waals surface area (Å²) in [6.45, 7) is 1.85. The highest BCUT2D eigenvalue weighted by Crippen LogP contribution is 2.32. The van der Waals surface area contributed by atoms with E-state index >= 15 is 0 Å². The van der Waals surface area contributed by atoms with Crippen LogP contribution in [0.5, 0.6) is 0 Å². The number of halogens is 3. The Morgan fingerprint density at radius 1 is 1.30 bits per heavy atom. The van der Waals surface area contributed by atoms with Crippen molar-refractivity contribution in [1.29, 1.82) is 0 Å². The van der Waals surface area contributed by atoms with Crippen LogP contribution in [0, 0.1) is 0 Å². The Morgan fingerprint density at radius 3 is 2.48 bits per heavy atom. The second-order valence-electron chi connectivity index (χ2n) is 6.68. The molecule has 2 saturated heterocycles. The summed E-state index contributed by atoms with van der Waals surface area (Å²) in [5.74, 6) is -1.67. The van der Waals surface area contributed by atoms with E-state index in [-0.39, 0.29) is 18.1 Å². The maximum atomic E-state index is 12.0. The van der Waals surface area contributed by atoms with E-state index in [1.807, 2.05) is 12.1 Å². The minimum Gasteiger partial charge on any atom is -0.475 e. The van der Waals surface area contributed by atoms with Gasteiger partial charge in [0.05, 0.1) is 18.9 Å². The fourth-order valence-corrected chi connectivity index (χ4v) is 3.28. The quantitative estimate of drug-likeness (QED) is 0.849. The van der Waals surface area contributed by atoms with E-state index in [1.54, 1.807) is 25.3 Å². The minimum atomic E-state index is -5.08. The van der Waals surface area contributed by atoms with E-state index in [2.05, 4.69) is 4.90 Å². The zero-order valence-electron chi connectivity index (χ0n) is 15.1. The molecule has 0 aliphatic carbocycles. The molecular formula is C17H23F3N2O5. The number of rotatable bonds is 3. The Bertz CT molecular complexity index is 633. The van der Waals surface area contributed by atoms with E-state index in [1.165, 1.54) is 0 Å². The van der Waals surface area contributed by atoms with Crippen molar-refractivity contribution in [3.05, 3.63) is 24.2 Å². The second kappa shape index (κ2) is 8.75. The lowest BCUT2D eigenvalue weighted by molar-refractivity contribution is -0.192. The van der Waals surface area contributed by atoms with Crippen LogP contribution in [0.25, 0.3) is 0 Å². The van der Waals surface area contributed by atoms with Crippen LogP contribution in [0.3, 0.4) is 0 Å². The van der Waals surface area contributed by atoms with Gasteiger partial charge in [-0.25, -0.2) is 4.79 Å². The molecule has 152 valence electrons. The fourth-order valence-electron chi connectivity index (χ4n) is 3.28. The molecule has 7 nitrogen and oxygen atoms in total. The first-order valence-corrected chi connectivity index (χ1v) is 8.52. The first kappa shape index (κ1) is 21.2. The summed E-state index contributed by atoms with van der Waals surface area (Å²) < 4.78 is 43.2. The van der Waals surface area contributed by atoms with Crippen LogP contribution in [0.4, 0.5) is 13.2 Å². The number of alkyl halides is 3. The minimum absolute atomic E-state index is 0.0907. The smallest absolute Gasteiger partial charge is 0.475 e. The van der Waals surface area contributed by atoms with Crippen molar-refractivity contribution >= 4 is 11.9 Å². The molecule has 0 spiro atoms. The number of hydrogen-bond acceptors (Lipinski definition) is 5. The lowest BCUT2D eigenvalue weighted by atomic mass is 9.98. The number of furan rings is 1. The Kier molecular flexibility index (Phi) is 6.88. The van der Waals surface area contributed by atoms with Gasteiger partial charge in [0.25, 0.3) is 5.91 Å². The molecule has 0 bridgehead atoms. The largest absolute Gasteiger partial charge is 0.490 e. The highest BCUT2D eigenvalue weighted by atomic mass is 19.4. The van der Waals surface area contributed by atoms with E-state index in [0.717, 1.165) is 38.1 Å². The molecule has 2 aliphatic heterocycles. The van der Waals surface area contributed by atoms with Gasteiger partial charge < -0.3 is 19.2 Å². The number of fused-ring (bicyclic) bond motifs is 1. The van der Waals surface area contributed by atoms with Crippen molar-refractivity contribution in [1.82, 2.24) is 9.80 Å². The third kappa shape index (κ3) is 5.70. The molecule has 27 heavy (non-hydrogen) atoms. The number of carboxylic acids is 1. The van der Waals surface area contributed by atoms with Crippen LogP contribution < -0.4 is 0 Å². The number of nitrogens with zero attached hydrogens (tertiary/aromatic N) is 2. The normalized spacial score (nSPS) is 25.3. The first-order valence-electron chi connectivity index (χ1n) is 8.52. The van der Waals surface area contributed by atoms with Gasteiger partial charge in [0.1, 0.15) is 11.9 Å². The topological polar surface area (TPSA) is 83.2 Å². The number of carbonyl (C=O) groups is 2. The molecule has 10 heteroatoms. The summed E-state index contributed by atoms with van der Waals surface area (Å²) in [5, 5.41) is 7.12. The molecule has 1 amide bonds. The van der Waals surface area contributed by atoms with Gasteiger partial charge in [-0.1, -0.05) is 0 Å². The summed E-state index contributed by atoms with van der Waals surface area (Å²) in [7, 11) is 3.57. The number of likely N-dealkylation sites (tertiary alicyclic amines) is 1. The fraction of sp³-hybridized carbons (Fsp3) is 0.647. The van der Waals surface area contributed by atoms with Gasteiger partial charge in [0, 0.05) is 26.7 Å². The highest BCUT2D eigenvalue weighted by Gasteiger charge is 2.42. The van der Waals surface area contributed by atoms with Crippen LogP contribution in [0.15, 0.2) is 22.8 Å². The lowest BCUT2D eigenvalue weighted by Crippen LogP contribution is -2.47. The van der Waals surface area contributed by atoms with Crippen molar-refractivity contribution in [3.63, 3.8) is 0 Å². The maximum Gasteiger partial charge on any atom is 0.490 e. The molecule has 0 unspecified atom stereocenters. The van der Waals surface area contributed by atoms with Crippen LogP contribution in [0.1, 0.15) is 25.0 Å². The van der Waals surface area contributed by atoms with E-state index in [0.29, 0.717) is 6.04 Å². The molecule has 1 aromatic rings. The average Bonchev–Trinajstić information content (AvgIpc) is 3.24. The summed E-state index contributed by atoms with van der Waals surface area (Å²) in [5.41, 5.74) is 0. The Labute approximate surface area is 154 Å². The van der Waals surface area contributed by atoms with Crippen molar-refractivity contribution in [2.75, 3.05) is 20.6 Å². The van der Waals surface area contributed by atoms with Crippen molar-refractivity contribution < 1.29 is 37.0 Å². The highest BCUT2D eigenvalue weighted by molar-refractivity contribution is 5.80. The van der Waals surface area contributed by atoms with E-state index < -0.39 is 12.1 Å². The Hall–Kier alpha value is -2.07. The number of hydrogen-bond donors (Lipinski definition) is 1. The van der Waals surface area contributed by atoms with Gasteiger partial charge in [-0.2, -0.15) is 13.2 Å². The van der Waals surface area contributed by atoms with Crippen molar-refractivity contribution in [2.24, 2.45) is 0 Å². The zero-order valence-corrected chi connectivity index (χ0v) is 15.1. The summed E-state index contributed by atoms with van der Waals surface area (Å²) >= 11 is 0. The van der Waals surface area contributed by atoms with E-state index in [9.17, 15) is 18.0 Å². The van der Waals surface area contributed by atoms with Crippen molar-refractivity contribution in [3.8, 4) is 0 Å². The van der Waals surface area contributed by atoms with Crippen LogP contribution in [0.2, 0.25) is 0 Å². The summed E-state index contributed by atoms with van der Waals surface area (Å²) in [6, 6.07) is 4.35. The van der Waals surface area contributed by atoms with Gasteiger partial charge in [-0.15, -0.1) is 0 Å². The third-order valence-corrected chi connectivity index (χ3v) is 4.56. The van der Waals surface area contributed by atoms with E-state index in [4.69, 9.17) is 19.1 Å².